The minimum absolute atomic E-state index is 0.317. The van der Waals surface area contributed by atoms with Gasteiger partial charge in [0.15, 0.2) is 5.70 Å². The maximum atomic E-state index is 12.5. The standard InChI is InChI=1S/C25H17NO2/c1-16-10-12-17(13-11-16)24-26-23(25(27)28-24)15-22-20-8-4-2-6-18(20)14-19-7-3-5-9-21(19)22/h2-15H,1H3/b23-15-. The van der Waals surface area contributed by atoms with Crippen LogP contribution in [0.2, 0.25) is 0 Å². The van der Waals surface area contributed by atoms with Crippen molar-refractivity contribution in [3.8, 4) is 0 Å². The highest BCUT2D eigenvalue weighted by Crippen LogP contribution is 2.31. The molecule has 5 rings (SSSR count). The summed E-state index contributed by atoms with van der Waals surface area (Å²) in [4.78, 5) is 17.0. The van der Waals surface area contributed by atoms with E-state index in [0.29, 0.717) is 11.6 Å². The summed E-state index contributed by atoms with van der Waals surface area (Å²) in [7, 11) is 0. The summed E-state index contributed by atoms with van der Waals surface area (Å²) in [6.07, 6.45) is 1.84. The molecule has 4 aromatic rings. The topological polar surface area (TPSA) is 38.7 Å². The van der Waals surface area contributed by atoms with E-state index in [2.05, 4.69) is 35.3 Å². The molecule has 0 radical (unpaired) electrons. The number of benzene rings is 4. The third-order valence-corrected chi connectivity index (χ3v) is 5.01. The fourth-order valence-corrected chi connectivity index (χ4v) is 3.57. The fourth-order valence-electron chi connectivity index (χ4n) is 3.57. The van der Waals surface area contributed by atoms with Gasteiger partial charge in [0.05, 0.1) is 0 Å². The Hall–Kier alpha value is -3.72. The van der Waals surface area contributed by atoms with Crippen LogP contribution in [0, 0.1) is 6.92 Å². The van der Waals surface area contributed by atoms with Gasteiger partial charge in [-0.05, 0) is 58.3 Å². The molecule has 28 heavy (non-hydrogen) atoms. The molecule has 0 unspecified atom stereocenters. The normalized spacial score (nSPS) is 15.2. The van der Waals surface area contributed by atoms with Gasteiger partial charge in [0.1, 0.15) is 0 Å². The van der Waals surface area contributed by atoms with Gasteiger partial charge in [-0.15, -0.1) is 0 Å². The van der Waals surface area contributed by atoms with Crippen molar-refractivity contribution in [2.75, 3.05) is 0 Å². The second kappa shape index (κ2) is 6.46. The zero-order valence-corrected chi connectivity index (χ0v) is 15.3. The Kier molecular flexibility index (Phi) is 3.80. The number of carbonyl (C=O) groups excluding carboxylic acids is 1. The lowest BCUT2D eigenvalue weighted by atomic mass is 9.96. The van der Waals surface area contributed by atoms with Crippen LogP contribution in [0.5, 0.6) is 0 Å². The quantitative estimate of drug-likeness (QED) is 0.262. The molecule has 0 bridgehead atoms. The molecule has 0 N–H and O–H groups in total. The number of fused-ring (bicyclic) bond motifs is 2. The molecule has 1 heterocycles. The first kappa shape index (κ1) is 16.5. The summed E-state index contributed by atoms with van der Waals surface area (Å²) < 4.78 is 5.44. The van der Waals surface area contributed by atoms with Crippen molar-refractivity contribution in [1.29, 1.82) is 0 Å². The smallest absolute Gasteiger partial charge is 0.363 e. The van der Waals surface area contributed by atoms with Crippen LogP contribution in [0.3, 0.4) is 0 Å². The largest absolute Gasteiger partial charge is 0.402 e. The number of hydrogen-bond donors (Lipinski definition) is 0. The highest BCUT2D eigenvalue weighted by Gasteiger charge is 2.24. The molecule has 0 spiro atoms. The van der Waals surface area contributed by atoms with Gasteiger partial charge in [0.2, 0.25) is 5.90 Å². The number of ether oxygens (including phenoxy) is 1. The Morgan fingerprint density at radius 1 is 0.821 bits per heavy atom. The SMILES string of the molecule is Cc1ccc(C2=N/C(=C\c3c4ccccc4cc4ccccc34)C(=O)O2)cc1. The first-order valence-electron chi connectivity index (χ1n) is 9.19. The Bertz CT molecular complexity index is 1240. The average Bonchev–Trinajstić information content (AvgIpc) is 3.08. The number of rotatable bonds is 2. The summed E-state index contributed by atoms with van der Waals surface area (Å²) >= 11 is 0. The molecule has 3 heteroatoms. The van der Waals surface area contributed by atoms with E-state index in [-0.39, 0.29) is 0 Å². The predicted octanol–water partition coefficient (Wildman–Crippen LogP) is 5.65. The molecule has 0 atom stereocenters. The van der Waals surface area contributed by atoms with Crippen LogP contribution in [-0.2, 0) is 9.53 Å². The van der Waals surface area contributed by atoms with E-state index >= 15 is 0 Å². The van der Waals surface area contributed by atoms with E-state index in [1.54, 1.807) is 0 Å². The van der Waals surface area contributed by atoms with Gasteiger partial charge in [0.25, 0.3) is 0 Å². The van der Waals surface area contributed by atoms with Gasteiger partial charge in [-0.3, -0.25) is 0 Å². The summed E-state index contributed by atoms with van der Waals surface area (Å²) in [6.45, 7) is 2.02. The van der Waals surface area contributed by atoms with Crippen LogP contribution < -0.4 is 0 Å². The van der Waals surface area contributed by atoms with E-state index in [9.17, 15) is 4.79 Å². The first-order chi connectivity index (χ1) is 13.7. The number of cyclic esters (lactones) is 1. The molecule has 0 amide bonds. The van der Waals surface area contributed by atoms with E-state index in [1.807, 2.05) is 61.5 Å². The molecule has 1 aliphatic heterocycles. The molecule has 3 nitrogen and oxygen atoms in total. The minimum atomic E-state index is -0.424. The highest BCUT2D eigenvalue weighted by molar-refractivity contribution is 6.15. The first-order valence-corrected chi connectivity index (χ1v) is 9.19. The van der Waals surface area contributed by atoms with Crippen molar-refractivity contribution >= 4 is 39.5 Å². The van der Waals surface area contributed by atoms with Crippen LogP contribution in [0.15, 0.2) is 89.6 Å². The van der Waals surface area contributed by atoms with Crippen molar-refractivity contribution < 1.29 is 9.53 Å². The molecule has 1 aliphatic rings. The predicted molar refractivity (Wildman–Crippen MR) is 113 cm³/mol. The number of aryl methyl sites for hydroxylation is 1. The number of hydrogen-bond acceptors (Lipinski definition) is 3. The van der Waals surface area contributed by atoms with E-state index in [4.69, 9.17) is 4.74 Å². The molecule has 134 valence electrons. The van der Waals surface area contributed by atoms with Gasteiger partial charge >= 0.3 is 5.97 Å². The number of esters is 1. The Balaban J connectivity index is 1.70. The lowest BCUT2D eigenvalue weighted by Crippen LogP contribution is -2.05. The van der Waals surface area contributed by atoms with Crippen molar-refractivity contribution in [2.45, 2.75) is 6.92 Å². The number of aliphatic imine (C=N–C) groups is 1. The van der Waals surface area contributed by atoms with Crippen LogP contribution >= 0.6 is 0 Å². The van der Waals surface area contributed by atoms with Gasteiger partial charge < -0.3 is 4.74 Å². The van der Waals surface area contributed by atoms with Crippen LogP contribution in [0.25, 0.3) is 27.6 Å². The lowest BCUT2D eigenvalue weighted by Gasteiger charge is -2.08. The third-order valence-electron chi connectivity index (χ3n) is 5.01. The fraction of sp³-hybridized carbons (Fsp3) is 0.0400. The maximum Gasteiger partial charge on any atom is 0.363 e. The molecule has 4 aromatic carbocycles. The van der Waals surface area contributed by atoms with Crippen LogP contribution in [0.4, 0.5) is 0 Å². The molecule has 0 fully saturated rings. The molecular formula is C25H17NO2. The summed E-state index contributed by atoms with van der Waals surface area (Å²) in [5, 5.41) is 4.42. The monoisotopic (exact) mass is 363 g/mol. The average molecular weight is 363 g/mol. The van der Waals surface area contributed by atoms with Crippen molar-refractivity contribution in [3.05, 3.63) is 101 Å². The Labute approximate surface area is 162 Å². The second-order valence-electron chi connectivity index (χ2n) is 6.93. The van der Waals surface area contributed by atoms with Crippen molar-refractivity contribution in [3.63, 3.8) is 0 Å². The summed E-state index contributed by atoms with van der Waals surface area (Å²) in [5.41, 5.74) is 3.24. The molecule has 0 saturated carbocycles. The summed E-state index contributed by atoms with van der Waals surface area (Å²) in [5.74, 6) is -0.0756. The Morgan fingerprint density at radius 2 is 1.43 bits per heavy atom. The minimum Gasteiger partial charge on any atom is -0.402 e. The molecular weight excluding hydrogens is 346 g/mol. The van der Waals surface area contributed by atoms with Gasteiger partial charge in [-0.25, -0.2) is 9.79 Å². The maximum absolute atomic E-state index is 12.5. The Morgan fingerprint density at radius 3 is 2.07 bits per heavy atom. The second-order valence-corrected chi connectivity index (χ2v) is 6.93. The molecule has 0 aromatic heterocycles. The van der Waals surface area contributed by atoms with E-state index in [1.165, 1.54) is 0 Å². The molecule has 0 aliphatic carbocycles. The zero-order valence-electron chi connectivity index (χ0n) is 15.3. The van der Waals surface area contributed by atoms with Crippen LogP contribution in [0.1, 0.15) is 16.7 Å². The van der Waals surface area contributed by atoms with Gasteiger partial charge in [-0.2, -0.15) is 0 Å². The van der Waals surface area contributed by atoms with Gasteiger partial charge in [0, 0.05) is 5.56 Å². The third kappa shape index (κ3) is 2.78. The zero-order chi connectivity index (χ0) is 19.1. The van der Waals surface area contributed by atoms with E-state index < -0.39 is 5.97 Å². The van der Waals surface area contributed by atoms with Crippen LogP contribution in [-0.4, -0.2) is 11.9 Å². The molecule has 0 saturated heterocycles. The van der Waals surface area contributed by atoms with Crippen molar-refractivity contribution in [2.24, 2.45) is 4.99 Å². The lowest BCUT2D eigenvalue weighted by molar-refractivity contribution is -0.129. The number of carbonyl (C=O) groups is 1. The number of nitrogens with zero attached hydrogens (tertiary/aromatic N) is 1. The van der Waals surface area contributed by atoms with Crippen molar-refractivity contribution in [1.82, 2.24) is 0 Å². The summed E-state index contributed by atoms with van der Waals surface area (Å²) in [6, 6.07) is 26.3. The highest BCUT2D eigenvalue weighted by atomic mass is 16.6. The van der Waals surface area contributed by atoms with E-state index in [0.717, 1.165) is 38.2 Å². The van der Waals surface area contributed by atoms with Gasteiger partial charge in [-0.1, -0.05) is 66.2 Å².